The van der Waals surface area contributed by atoms with Crippen molar-refractivity contribution in [1.29, 1.82) is 0 Å². The first-order valence-electron chi connectivity index (χ1n) is 6.20. The molecule has 6 nitrogen and oxygen atoms in total. The third kappa shape index (κ3) is 5.29. The van der Waals surface area contributed by atoms with Gasteiger partial charge in [0.15, 0.2) is 0 Å². The van der Waals surface area contributed by atoms with Crippen LogP contribution >= 0.6 is 0 Å². The van der Waals surface area contributed by atoms with E-state index in [0.29, 0.717) is 12.0 Å². The maximum absolute atomic E-state index is 11.4. The van der Waals surface area contributed by atoms with Crippen LogP contribution in [-0.4, -0.2) is 17.0 Å². The number of unbranched alkanes of at least 4 members (excludes halogenated alkanes) is 2. The zero-order chi connectivity index (χ0) is 14.1. The number of amides is 1. The molecule has 1 N–H and O–H groups in total. The summed E-state index contributed by atoms with van der Waals surface area (Å²) < 4.78 is 0. The zero-order valence-electron chi connectivity index (χ0n) is 10.8. The summed E-state index contributed by atoms with van der Waals surface area (Å²) in [7, 11) is 0. The largest absolute Gasteiger partial charge is 0.278 e. The molecule has 1 rings (SSSR count). The minimum absolute atomic E-state index is 0.0357. The van der Waals surface area contributed by atoms with Crippen molar-refractivity contribution >= 4 is 17.8 Å². The Morgan fingerprint density at radius 3 is 2.84 bits per heavy atom. The van der Waals surface area contributed by atoms with Crippen molar-refractivity contribution in [3.05, 3.63) is 39.9 Å². The average Bonchev–Trinajstić information content (AvgIpc) is 2.39. The summed E-state index contributed by atoms with van der Waals surface area (Å²) in [5, 5.41) is 14.5. The molecule has 0 bridgehead atoms. The molecule has 6 heteroatoms. The third-order valence-corrected chi connectivity index (χ3v) is 2.53. The molecule has 0 atom stereocenters. The highest BCUT2D eigenvalue weighted by Gasteiger charge is 2.09. The van der Waals surface area contributed by atoms with E-state index in [1.807, 2.05) is 0 Å². The number of hydrazone groups is 1. The number of nitro groups is 1. The molecule has 0 saturated heterocycles. The Morgan fingerprint density at radius 1 is 1.42 bits per heavy atom. The molecule has 102 valence electrons. The highest BCUT2D eigenvalue weighted by molar-refractivity contribution is 5.86. The predicted molar refractivity (Wildman–Crippen MR) is 73.0 cm³/mol. The lowest BCUT2D eigenvalue weighted by molar-refractivity contribution is -0.385. The smallest absolute Gasteiger partial charge is 0.273 e. The fourth-order valence-corrected chi connectivity index (χ4v) is 1.53. The number of benzene rings is 1. The molecule has 0 fully saturated rings. The van der Waals surface area contributed by atoms with E-state index >= 15 is 0 Å². The summed E-state index contributed by atoms with van der Waals surface area (Å²) in [5.74, 6) is -0.178. The van der Waals surface area contributed by atoms with Gasteiger partial charge in [-0.2, -0.15) is 5.10 Å². The monoisotopic (exact) mass is 263 g/mol. The number of nitro benzene ring substituents is 1. The molecule has 0 spiro atoms. The quantitative estimate of drug-likeness (QED) is 0.355. The number of rotatable bonds is 7. The molecule has 1 amide bonds. The topological polar surface area (TPSA) is 84.6 Å². The SMILES string of the molecule is CCCCCC(=O)N/N=C\c1ccccc1[N+](=O)[O-]. The van der Waals surface area contributed by atoms with Gasteiger partial charge in [-0.1, -0.05) is 31.9 Å². The van der Waals surface area contributed by atoms with Gasteiger partial charge in [0, 0.05) is 12.5 Å². The summed E-state index contributed by atoms with van der Waals surface area (Å²) in [4.78, 5) is 21.6. The van der Waals surface area contributed by atoms with E-state index < -0.39 is 4.92 Å². The van der Waals surface area contributed by atoms with Crippen LogP contribution in [0.15, 0.2) is 29.4 Å². The van der Waals surface area contributed by atoms with Crippen molar-refractivity contribution in [3.63, 3.8) is 0 Å². The van der Waals surface area contributed by atoms with Gasteiger partial charge in [0.05, 0.1) is 16.7 Å². The van der Waals surface area contributed by atoms with Crippen molar-refractivity contribution in [3.8, 4) is 0 Å². The molecule has 19 heavy (non-hydrogen) atoms. The molecule has 0 aliphatic rings. The lowest BCUT2D eigenvalue weighted by Gasteiger charge is -1.99. The third-order valence-electron chi connectivity index (χ3n) is 2.53. The Hall–Kier alpha value is -2.24. The van der Waals surface area contributed by atoms with E-state index in [0.717, 1.165) is 19.3 Å². The van der Waals surface area contributed by atoms with Crippen LogP contribution in [0.5, 0.6) is 0 Å². The van der Waals surface area contributed by atoms with Gasteiger partial charge in [0.2, 0.25) is 5.91 Å². The van der Waals surface area contributed by atoms with Crippen LogP contribution in [0.3, 0.4) is 0 Å². The second kappa shape index (κ2) is 7.97. The number of hydrogen-bond donors (Lipinski definition) is 1. The molecule has 1 aromatic rings. The molecule has 0 aliphatic heterocycles. The van der Waals surface area contributed by atoms with Gasteiger partial charge in [-0.25, -0.2) is 5.43 Å². The van der Waals surface area contributed by atoms with Crippen LogP contribution in [0.4, 0.5) is 5.69 Å². The van der Waals surface area contributed by atoms with Crippen molar-refractivity contribution in [2.45, 2.75) is 32.6 Å². The molecular weight excluding hydrogens is 246 g/mol. The Bertz CT molecular complexity index is 472. The van der Waals surface area contributed by atoms with Gasteiger partial charge in [-0.3, -0.25) is 14.9 Å². The van der Waals surface area contributed by atoms with Gasteiger partial charge in [0.1, 0.15) is 0 Å². The summed E-state index contributed by atoms with van der Waals surface area (Å²) in [6.45, 7) is 2.06. The fraction of sp³-hybridized carbons (Fsp3) is 0.385. The minimum Gasteiger partial charge on any atom is -0.273 e. The maximum Gasteiger partial charge on any atom is 0.278 e. The van der Waals surface area contributed by atoms with Crippen molar-refractivity contribution in [2.24, 2.45) is 5.10 Å². The lowest BCUT2D eigenvalue weighted by atomic mass is 10.2. The van der Waals surface area contributed by atoms with Gasteiger partial charge < -0.3 is 0 Å². The second-order valence-electron chi connectivity index (χ2n) is 4.07. The van der Waals surface area contributed by atoms with Crippen molar-refractivity contribution in [2.75, 3.05) is 0 Å². The second-order valence-corrected chi connectivity index (χ2v) is 4.07. The van der Waals surface area contributed by atoms with Crippen LogP contribution in [0.25, 0.3) is 0 Å². The molecular formula is C13H17N3O3. The highest BCUT2D eigenvalue weighted by Crippen LogP contribution is 2.14. The first-order valence-corrected chi connectivity index (χ1v) is 6.20. The van der Waals surface area contributed by atoms with Crippen LogP contribution in [-0.2, 0) is 4.79 Å². The normalized spacial score (nSPS) is 10.6. The van der Waals surface area contributed by atoms with Gasteiger partial charge >= 0.3 is 0 Å². The van der Waals surface area contributed by atoms with E-state index in [9.17, 15) is 14.9 Å². The highest BCUT2D eigenvalue weighted by atomic mass is 16.6. The summed E-state index contributed by atoms with van der Waals surface area (Å²) >= 11 is 0. The molecule has 0 saturated carbocycles. The van der Waals surface area contributed by atoms with Gasteiger partial charge in [0.25, 0.3) is 5.69 Å². The Labute approximate surface area is 111 Å². The fourth-order valence-electron chi connectivity index (χ4n) is 1.53. The van der Waals surface area contributed by atoms with E-state index in [1.165, 1.54) is 12.3 Å². The number of carbonyl (C=O) groups excluding carboxylic acids is 1. The predicted octanol–water partition coefficient (Wildman–Crippen LogP) is 2.63. The Kier molecular flexibility index (Phi) is 6.21. The van der Waals surface area contributed by atoms with Gasteiger partial charge in [-0.05, 0) is 12.5 Å². The van der Waals surface area contributed by atoms with E-state index in [4.69, 9.17) is 0 Å². The molecule has 0 heterocycles. The summed E-state index contributed by atoms with van der Waals surface area (Å²) in [6.07, 6.45) is 4.58. The first kappa shape index (κ1) is 14.8. The number of nitrogens with zero attached hydrogens (tertiary/aromatic N) is 2. The average molecular weight is 263 g/mol. The van der Waals surface area contributed by atoms with Gasteiger partial charge in [-0.15, -0.1) is 0 Å². The summed E-state index contributed by atoms with van der Waals surface area (Å²) in [6, 6.07) is 6.23. The van der Waals surface area contributed by atoms with Crippen LogP contribution in [0, 0.1) is 10.1 Å². The maximum atomic E-state index is 11.4. The summed E-state index contributed by atoms with van der Waals surface area (Å²) in [5.41, 5.74) is 2.69. The molecule has 0 radical (unpaired) electrons. The van der Waals surface area contributed by atoms with Crippen LogP contribution in [0.1, 0.15) is 38.2 Å². The van der Waals surface area contributed by atoms with E-state index in [-0.39, 0.29) is 11.6 Å². The standard InChI is InChI=1S/C13H17N3O3/c1-2-3-4-9-13(17)15-14-10-11-7-5-6-8-12(11)16(18)19/h5-8,10H,2-4,9H2,1H3,(H,15,17)/b14-10-. The Balaban J connectivity index is 2.53. The van der Waals surface area contributed by atoms with Crippen molar-refractivity contribution < 1.29 is 9.72 Å². The molecule has 0 aromatic heterocycles. The number of nitrogens with one attached hydrogen (secondary N) is 1. The van der Waals surface area contributed by atoms with Crippen molar-refractivity contribution in [1.82, 2.24) is 5.43 Å². The van der Waals surface area contributed by atoms with Crippen LogP contribution < -0.4 is 5.43 Å². The number of carbonyl (C=O) groups is 1. The minimum atomic E-state index is -0.482. The molecule has 1 aromatic carbocycles. The first-order chi connectivity index (χ1) is 9.15. The van der Waals surface area contributed by atoms with Crippen LogP contribution in [0.2, 0.25) is 0 Å². The van der Waals surface area contributed by atoms with E-state index in [2.05, 4.69) is 17.5 Å². The Morgan fingerprint density at radius 2 is 2.16 bits per heavy atom. The van der Waals surface area contributed by atoms with E-state index in [1.54, 1.807) is 18.2 Å². The number of hydrogen-bond acceptors (Lipinski definition) is 4. The molecule has 0 unspecified atom stereocenters. The zero-order valence-corrected chi connectivity index (χ0v) is 10.8. The molecule has 0 aliphatic carbocycles. The number of para-hydroxylation sites is 1. The lowest BCUT2D eigenvalue weighted by Crippen LogP contribution is -2.16.